The molecule has 0 aromatic rings. The molecule has 1 rings (SSSR count). The van der Waals surface area contributed by atoms with E-state index in [-0.39, 0.29) is 10.8 Å². The van der Waals surface area contributed by atoms with Gasteiger partial charge < -0.3 is 5.32 Å². The Bertz CT molecular complexity index is 230. The molecule has 0 heterocycles. The average molecular weight is 213 g/mol. The zero-order valence-electron chi connectivity index (χ0n) is 9.17. The monoisotopic (exact) mass is 213 g/mol. The van der Waals surface area contributed by atoms with Crippen molar-refractivity contribution in [3.05, 3.63) is 12.2 Å². The van der Waals surface area contributed by atoms with Crippen molar-refractivity contribution < 1.29 is 4.79 Å². The first-order valence-electron chi connectivity index (χ1n) is 5.13. The van der Waals surface area contributed by atoms with Crippen LogP contribution in [0, 0.1) is 0 Å². The first kappa shape index (κ1) is 11.6. The molecule has 0 saturated heterocycles. The van der Waals surface area contributed by atoms with Crippen LogP contribution in [0.5, 0.6) is 0 Å². The molecule has 80 valence electrons. The maximum absolute atomic E-state index is 11.5. The molecule has 2 nitrogen and oxygen atoms in total. The van der Waals surface area contributed by atoms with E-state index in [1.807, 2.05) is 20.8 Å². The van der Waals surface area contributed by atoms with E-state index in [4.69, 9.17) is 0 Å². The summed E-state index contributed by atoms with van der Waals surface area (Å²) in [5, 5.41) is 3.43. The van der Waals surface area contributed by atoms with Crippen LogP contribution in [0.2, 0.25) is 0 Å². The third-order valence-electron chi connectivity index (χ3n) is 1.95. The van der Waals surface area contributed by atoms with Gasteiger partial charge in [0, 0.05) is 10.8 Å². The van der Waals surface area contributed by atoms with Crippen LogP contribution in [0.1, 0.15) is 40.0 Å². The molecule has 3 heteroatoms. The van der Waals surface area contributed by atoms with E-state index in [0.29, 0.717) is 5.25 Å². The highest BCUT2D eigenvalue weighted by molar-refractivity contribution is 8.14. The molecule has 0 aromatic heterocycles. The minimum Gasteiger partial charge on any atom is -0.342 e. The van der Waals surface area contributed by atoms with Crippen LogP contribution in [0.4, 0.5) is 4.79 Å². The predicted octanol–water partition coefficient (Wildman–Crippen LogP) is 3.34. The number of amides is 1. The molecule has 1 amide bonds. The Balaban J connectivity index is 2.33. The Morgan fingerprint density at radius 1 is 1.50 bits per heavy atom. The molecule has 1 N–H and O–H groups in total. The molecule has 0 aromatic carbocycles. The van der Waals surface area contributed by atoms with E-state index in [1.54, 1.807) is 0 Å². The average Bonchev–Trinajstić information content (AvgIpc) is 2.02. The quantitative estimate of drug-likeness (QED) is 0.677. The Kier molecular flexibility index (Phi) is 4.05. The zero-order valence-corrected chi connectivity index (χ0v) is 9.99. The maximum Gasteiger partial charge on any atom is 0.280 e. The van der Waals surface area contributed by atoms with Crippen LogP contribution < -0.4 is 5.32 Å². The van der Waals surface area contributed by atoms with E-state index in [0.717, 1.165) is 12.8 Å². The van der Waals surface area contributed by atoms with Crippen LogP contribution in [-0.2, 0) is 0 Å². The van der Waals surface area contributed by atoms with E-state index in [1.165, 1.54) is 18.2 Å². The lowest BCUT2D eigenvalue weighted by atomic mass is 10.1. The molecule has 1 atom stereocenters. The molecule has 1 aliphatic carbocycles. The van der Waals surface area contributed by atoms with Gasteiger partial charge in [-0.15, -0.1) is 0 Å². The number of rotatable bonds is 1. The van der Waals surface area contributed by atoms with Crippen LogP contribution in [0.3, 0.4) is 0 Å². The van der Waals surface area contributed by atoms with Crippen molar-refractivity contribution in [2.75, 3.05) is 0 Å². The van der Waals surface area contributed by atoms with E-state index < -0.39 is 0 Å². The van der Waals surface area contributed by atoms with Crippen LogP contribution in [-0.4, -0.2) is 16.0 Å². The van der Waals surface area contributed by atoms with Gasteiger partial charge >= 0.3 is 0 Å². The van der Waals surface area contributed by atoms with Gasteiger partial charge in [0.05, 0.1) is 0 Å². The first-order chi connectivity index (χ1) is 6.47. The minimum atomic E-state index is -0.123. The van der Waals surface area contributed by atoms with Crippen LogP contribution in [0.25, 0.3) is 0 Å². The number of allylic oxidation sites excluding steroid dienone is 1. The SMILES string of the molecule is CC(C)(C)NC(=O)S[C@H]1C=CCCC1. The second kappa shape index (κ2) is 4.87. The van der Waals surface area contributed by atoms with Crippen LogP contribution >= 0.6 is 11.8 Å². The molecule has 0 bridgehead atoms. The highest BCUT2D eigenvalue weighted by atomic mass is 32.2. The van der Waals surface area contributed by atoms with Crippen molar-refractivity contribution in [1.82, 2.24) is 5.32 Å². The topological polar surface area (TPSA) is 29.1 Å². The lowest BCUT2D eigenvalue weighted by Crippen LogP contribution is -2.39. The highest BCUT2D eigenvalue weighted by Crippen LogP contribution is 2.24. The Labute approximate surface area is 90.5 Å². The maximum atomic E-state index is 11.5. The standard InChI is InChI=1S/C11H19NOS/c1-11(2,3)12-10(13)14-9-7-5-4-6-8-9/h5,7,9H,4,6,8H2,1-3H3,(H,12,13)/t9-/m0/s1. The number of hydrogen-bond acceptors (Lipinski definition) is 2. The van der Waals surface area contributed by atoms with Crippen molar-refractivity contribution in [3.63, 3.8) is 0 Å². The van der Waals surface area contributed by atoms with E-state index in [2.05, 4.69) is 17.5 Å². The van der Waals surface area contributed by atoms with Gasteiger partial charge in [-0.2, -0.15) is 0 Å². The number of thioether (sulfide) groups is 1. The largest absolute Gasteiger partial charge is 0.342 e. The van der Waals surface area contributed by atoms with Crippen molar-refractivity contribution in [2.45, 2.75) is 50.8 Å². The first-order valence-corrected chi connectivity index (χ1v) is 6.01. The molecule has 1 aliphatic rings. The van der Waals surface area contributed by atoms with Gasteiger partial charge in [0.2, 0.25) is 0 Å². The summed E-state index contributed by atoms with van der Waals surface area (Å²) < 4.78 is 0. The van der Waals surface area contributed by atoms with Gasteiger partial charge in [-0.25, -0.2) is 0 Å². The molecular weight excluding hydrogens is 194 g/mol. The van der Waals surface area contributed by atoms with Gasteiger partial charge in [-0.05, 0) is 40.0 Å². The zero-order chi connectivity index (χ0) is 10.6. The highest BCUT2D eigenvalue weighted by Gasteiger charge is 2.18. The van der Waals surface area contributed by atoms with Crippen molar-refractivity contribution >= 4 is 17.0 Å². The fourth-order valence-corrected chi connectivity index (χ4v) is 2.47. The Morgan fingerprint density at radius 2 is 2.21 bits per heavy atom. The molecule has 0 saturated carbocycles. The predicted molar refractivity (Wildman–Crippen MR) is 62.7 cm³/mol. The summed E-state index contributed by atoms with van der Waals surface area (Å²) in [6.07, 6.45) is 7.82. The normalized spacial score (nSPS) is 22.1. The third-order valence-corrected chi connectivity index (χ3v) is 2.96. The lowest BCUT2D eigenvalue weighted by Gasteiger charge is -2.22. The van der Waals surface area contributed by atoms with Crippen molar-refractivity contribution in [2.24, 2.45) is 0 Å². The second-order valence-electron chi connectivity index (χ2n) is 4.68. The summed E-state index contributed by atoms with van der Waals surface area (Å²) in [6, 6.07) is 0. The summed E-state index contributed by atoms with van der Waals surface area (Å²) >= 11 is 1.41. The third kappa shape index (κ3) is 4.70. The Hall–Kier alpha value is -0.440. The summed E-state index contributed by atoms with van der Waals surface area (Å²) in [7, 11) is 0. The summed E-state index contributed by atoms with van der Waals surface area (Å²) in [4.78, 5) is 11.5. The fourth-order valence-electron chi connectivity index (χ4n) is 1.35. The summed E-state index contributed by atoms with van der Waals surface area (Å²) in [5.74, 6) is 0. The second-order valence-corrected chi connectivity index (χ2v) is 5.89. The molecule has 0 spiro atoms. The smallest absolute Gasteiger partial charge is 0.280 e. The molecular formula is C11H19NOS. The van der Waals surface area contributed by atoms with E-state index >= 15 is 0 Å². The van der Waals surface area contributed by atoms with Crippen LogP contribution in [0.15, 0.2) is 12.2 Å². The molecule has 0 radical (unpaired) electrons. The molecule has 0 fully saturated rings. The number of carbonyl (C=O) groups excluding carboxylic acids is 1. The summed E-state index contributed by atoms with van der Waals surface area (Å²) in [6.45, 7) is 6.01. The van der Waals surface area contributed by atoms with Gasteiger partial charge in [0.1, 0.15) is 0 Å². The van der Waals surface area contributed by atoms with Gasteiger partial charge in [-0.3, -0.25) is 4.79 Å². The van der Waals surface area contributed by atoms with Gasteiger partial charge in [-0.1, -0.05) is 23.9 Å². The Morgan fingerprint density at radius 3 is 2.71 bits per heavy atom. The fraction of sp³-hybridized carbons (Fsp3) is 0.727. The molecule has 0 unspecified atom stereocenters. The van der Waals surface area contributed by atoms with Crippen molar-refractivity contribution in [3.8, 4) is 0 Å². The number of carbonyl (C=O) groups is 1. The molecule has 0 aliphatic heterocycles. The van der Waals surface area contributed by atoms with Gasteiger partial charge in [0.15, 0.2) is 0 Å². The van der Waals surface area contributed by atoms with Gasteiger partial charge in [0.25, 0.3) is 5.24 Å². The van der Waals surface area contributed by atoms with E-state index in [9.17, 15) is 4.79 Å². The minimum absolute atomic E-state index is 0.0917. The molecule has 14 heavy (non-hydrogen) atoms. The summed E-state index contributed by atoms with van der Waals surface area (Å²) in [5.41, 5.74) is -0.123. The number of hydrogen-bond donors (Lipinski definition) is 1. The number of nitrogens with one attached hydrogen (secondary N) is 1. The van der Waals surface area contributed by atoms with Crippen molar-refractivity contribution in [1.29, 1.82) is 0 Å². The lowest BCUT2D eigenvalue weighted by molar-refractivity contribution is 0.253.